The largest absolute Gasteiger partial charge is 0.430 e. The van der Waals surface area contributed by atoms with Crippen molar-refractivity contribution in [3.05, 3.63) is 53.8 Å². The van der Waals surface area contributed by atoms with Gasteiger partial charge < -0.3 is 20.5 Å². The normalized spacial score (nSPS) is 18.0. The van der Waals surface area contributed by atoms with E-state index in [2.05, 4.69) is 20.9 Å². The predicted molar refractivity (Wildman–Crippen MR) is 121 cm³/mol. The Kier molecular flexibility index (Phi) is 6.92. The Morgan fingerprint density at radius 3 is 2.51 bits per heavy atom. The van der Waals surface area contributed by atoms with E-state index in [0.717, 1.165) is 35.6 Å². The van der Waals surface area contributed by atoms with E-state index in [1.165, 1.54) is 18.2 Å². The fraction of sp³-hybridized carbons (Fsp3) is 0.318. The molecule has 0 unspecified atom stereocenters. The van der Waals surface area contributed by atoms with Crippen LogP contribution in [0.5, 0.6) is 0 Å². The number of urea groups is 1. The van der Waals surface area contributed by atoms with Crippen molar-refractivity contribution >= 4 is 44.3 Å². The number of alkyl halides is 3. The van der Waals surface area contributed by atoms with Crippen LogP contribution in [0, 0.1) is 5.82 Å². The highest BCUT2D eigenvalue weighted by molar-refractivity contribution is 7.22. The van der Waals surface area contributed by atoms with Crippen molar-refractivity contribution in [2.45, 2.75) is 30.7 Å². The first kappa shape index (κ1) is 24.8. The maximum Gasteiger partial charge on any atom is 0.430 e. The second-order valence-electron chi connectivity index (χ2n) is 7.88. The van der Waals surface area contributed by atoms with E-state index >= 15 is 0 Å². The van der Waals surface area contributed by atoms with E-state index in [1.54, 1.807) is 0 Å². The van der Waals surface area contributed by atoms with Gasteiger partial charge in [-0.25, -0.2) is 14.2 Å². The van der Waals surface area contributed by atoms with Gasteiger partial charge in [-0.1, -0.05) is 17.4 Å². The first-order valence-electron chi connectivity index (χ1n) is 10.5. The summed E-state index contributed by atoms with van der Waals surface area (Å²) in [6, 6.07) is 6.88. The van der Waals surface area contributed by atoms with Gasteiger partial charge in [-0.3, -0.25) is 10.1 Å². The highest BCUT2D eigenvalue weighted by Crippen LogP contribution is 2.41. The molecule has 2 atom stereocenters. The van der Waals surface area contributed by atoms with Gasteiger partial charge in [-0.05, 0) is 49.2 Å². The molecule has 0 bridgehead atoms. The summed E-state index contributed by atoms with van der Waals surface area (Å²) >= 11 is 0.854. The number of aliphatic hydroxyl groups is 1. The molecule has 0 aliphatic carbocycles. The second-order valence-corrected chi connectivity index (χ2v) is 8.91. The molecule has 35 heavy (non-hydrogen) atoms. The lowest BCUT2D eigenvalue weighted by molar-refractivity contribution is -0.257. The van der Waals surface area contributed by atoms with Crippen LogP contribution in [0.15, 0.2) is 42.5 Å². The molecule has 0 spiro atoms. The maximum atomic E-state index is 14.0. The average Bonchev–Trinajstić information content (AvgIpc) is 3.21. The van der Waals surface area contributed by atoms with Gasteiger partial charge in [0.15, 0.2) is 5.13 Å². The van der Waals surface area contributed by atoms with Crippen LogP contribution in [0.2, 0.25) is 0 Å². The lowest BCUT2D eigenvalue weighted by Crippen LogP contribution is -2.57. The molecule has 8 nitrogen and oxygen atoms in total. The van der Waals surface area contributed by atoms with Gasteiger partial charge in [0.2, 0.25) is 0 Å². The maximum absolute atomic E-state index is 14.0. The number of ether oxygens (including phenoxy) is 1. The number of nitrogens with one attached hydrogen (secondary N) is 3. The van der Waals surface area contributed by atoms with E-state index in [-0.39, 0.29) is 22.0 Å². The van der Waals surface area contributed by atoms with Crippen LogP contribution in [0.3, 0.4) is 0 Å². The molecule has 3 amide bonds. The number of carbonyl (C=O) groups excluding carboxylic acids is 2. The minimum absolute atomic E-state index is 0.0581. The van der Waals surface area contributed by atoms with E-state index in [9.17, 15) is 32.3 Å². The SMILES string of the molecule is O=C(Nc1ccc(F)cc1)Nc1nc2ccc([C@](O)(C(=O)N[C@@H]3CCCOC3)C(F)(F)F)cc2s1. The van der Waals surface area contributed by atoms with Gasteiger partial charge in [0, 0.05) is 17.9 Å². The number of carbonyl (C=O) groups is 2. The molecule has 2 aromatic carbocycles. The molecule has 4 N–H and O–H groups in total. The summed E-state index contributed by atoms with van der Waals surface area (Å²) in [4.78, 5) is 28.9. The van der Waals surface area contributed by atoms with Gasteiger partial charge in [0.1, 0.15) is 5.82 Å². The molecule has 13 heteroatoms. The fourth-order valence-corrected chi connectivity index (χ4v) is 4.46. The van der Waals surface area contributed by atoms with Gasteiger partial charge in [-0.15, -0.1) is 0 Å². The number of rotatable bonds is 5. The van der Waals surface area contributed by atoms with Crippen molar-refractivity contribution in [1.29, 1.82) is 0 Å². The minimum atomic E-state index is -5.30. The Labute approximate surface area is 200 Å². The number of nitrogens with zero attached hydrogens (tertiary/aromatic N) is 1. The van der Waals surface area contributed by atoms with E-state index in [0.29, 0.717) is 25.1 Å². The Morgan fingerprint density at radius 2 is 1.86 bits per heavy atom. The summed E-state index contributed by atoms with van der Waals surface area (Å²) in [5, 5.41) is 17.8. The number of aromatic nitrogens is 1. The molecule has 1 aliphatic rings. The van der Waals surface area contributed by atoms with Crippen molar-refractivity contribution < 1.29 is 37.0 Å². The third-order valence-electron chi connectivity index (χ3n) is 5.36. The van der Waals surface area contributed by atoms with Crippen molar-refractivity contribution in [1.82, 2.24) is 10.3 Å². The number of fused-ring (bicyclic) bond motifs is 1. The van der Waals surface area contributed by atoms with Gasteiger partial charge in [0.05, 0.1) is 22.9 Å². The number of thiazole rings is 1. The summed E-state index contributed by atoms with van der Waals surface area (Å²) in [6.07, 6.45) is -4.30. The van der Waals surface area contributed by atoms with Crippen molar-refractivity contribution in [2.24, 2.45) is 0 Å². The number of benzene rings is 2. The van der Waals surface area contributed by atoms with E-state index in [1.807, 2.05) is 0 Å². The highest BCUT2D eigenvalue weighted by Gasteiger charge is 2.61. The molecular formula is C22H20F4N4O4S. The Hall–Kier alpha value is -3.29. The molecule has 1 aliphatic heterocycles. The zero-order valence-electron chi connectivity index (χ0n) is 18.0. The molecule has 1 aromatic heterocycles. The van der Waals surface area contributed by atoms with Crippen LogP contribution in [-0.4, -0.2) is 47.5 Å². The number of amides is 3. The molecule has 0 saturated carbocycles. The molecule has 0 radical (unpaired) electrons. The summed E-state index contributed by atoms with van der Waals surface area (Å²) in [7, 11) is 0. The molecular weight excluding hydrogens is 492 g/mol. The van der Waals surface area contributed by atoms with Crippen molar-refractivity contribution in [3.63, 3.8) is 0 Å². The highest BCUT2D eigenvalue weighted by atomic mass is 32.1. The first-order valence-corrected chi connectivity index (χ1v) is 11.3. The smallest absolute Gasteiger partial charge is 0.379 e. The number of hydrogen-bond donors (Lipinski definition) is 4. The summed E-state index contributed by atoms with van der Waals surface area (Å²) < 4.78 is 60.3. The van der Waals surface area contributed by atoms with Crippen molar-refractivity contribution in [3.8, 4) is 0 Å². The van der Waals surface area contributed by atoms with E-state index < -0.39 is 41.1 Å². The molecule has 4 rings (SSSR count). The summed E-state index contributed by atoms with van der Waals surface area (Å²) in [5.41, 5.74) is -3.91. The van der Waals surface area contributed by atoms with Crippen molar-refractivity contribution in [2.75, 3.05) is 23.8 Å². The quantitative estimate of drug-likeness (QED) is 0.384. The Balaban J connectivity index is 1.55. The van der Waals surface area contributed by atoms with Gasteiger partial charge in [-0.2, -0.15) is 13.2 Å². The average molecular weight is 512 g/mol. The lowest BCUT2D eigenvalue weighted by Gasteiger charge is -2.32. The first-order chi connectivity index (χ1) is 16.6. The molecule has 1 saturated heterocycles. The molecule has 186 valence electrons. The van der Waals surface area contributed by atoms with Crippen LogP contribution in [-0.2, 0) is 15.1 Å². The van der Waals surface area contributed by atoms with Crippen LogP contribution in [0.1, 0.15) is 18.4 Å². The molecule has 1 fully saturated rings. The Morgan fingerprint density at radius 1 is 1.11 bits per heavy atom. The van der Waals surface area contributed by atoms with Crippen LogP contribution < -0.4 is 16.0 Å². The monoisotopic (exact) mass is 512 g/mol. The third-order valence-corrected chi connectivity index (χ3v) is 6.30. The Bertz CT molecular complexity index is 1230. The number of hydrogen-bond acceptors (Lipinski definition) is 6. The number of anilines is 2. The zero-order chi connectivity index (χ0) is 25.2. The molecule has 2 heterocycles. The standard InChI is InChI=1S/C22H20F4N4O4S/c23-13-4-6-14(7-5-13)28-19(32)30-20-29-16-8-3-12(10-17(16)35-20)21(33,22(24,25)26)18(31)27-15-2-1-9-34-11-15/h3-8,10,15,33H,1-2,9,11H2,(H,27,31)(H2,28,29,30,32)/t15-,21+/m1/s1. The van der Waals surface area contributed by atoms with Gasteiger partial charge in [0.25, 0.3) is 11.5 Å². The van der Waals surface area contributed by atoms with Crippen LogP contribution >= 0.6 is 11.3 Å². The topological polar surface area (TPSA) is 113 Å². The third kappa shape index (κ3) is 5.36. The van der Waals surface area contributed by atoms with E-state index in [4.69, 9.17) is 4.74 Å². The zero-order valence-corrected chi connectivity index (χ0v) is 18.8. The number of halogens is 4. The second kappa shape index (κ2) is 9.76. The summed E-state index contributed by atoms with van der Waals surface area (Å²) in [5.74, 6) is -2.07. The molecule has 3 aromatic rings. The van der Waals surface area contributed by atoms with Crippen LogP contribution in [0.25, 0.3) is 10.2 Å². The van der Waals surface area contributed by atoms with Crippen LogP contribution in [0.4, 0.5) is 33.2 Å². The fourth-order valence-electron chi connectivity index (χ4n) is 3.56. The lowest BCUT2D eigenvalue weighted by atomic mass is 9.91. The summed E-state index contributed by atoms with van der Waals surface area (Å²) in [6.45, 7) is 0.513. The van der Waals surface area contributed by atoms with Gasteiger partial charge >= 0.3 is 12.2 Å². The predicted octanol–water partition coefficient (Wildman–Crippen LogP) is 4.12. The minimum Gasteiger partial charge on any atom is -0.379 e.